The molecule has 304 valence electrons. The van der Waals surface area contributed by atoms with Gasteiger partial charge in [0.1, 0.15) is 30.4 Å². The van der Waals surface area contributed by atoms with E-state index in [1.807, 2.05) is 0 Å². The fourth-order valence-electron chi connectivity index (χ4n) is 4.14. The van der Waals surface area contributed by atoms with E-state index < -0.39 is 146 Å². The van der Waals surface area contributed by atoms with Crippen molar-refractivity contribution in [3.8, 4) is 0 Å². The van der Waals surface area contributed by atoms with E-state index in [-0.39, 0.29) is 32.0 Å². The molecule has 0 radical (unpaired) electrons. The molecule has 23 nitrogen and oxygen atoms in total. The third kappa shape index (κ3) is 13.0. The first-order chi connectivity index (χ1) is 24.7. The molecule has 8 aliphatic heterocycles. The van der Waals surface area contributed by atoms with Gasteiger partial charge >= 0.3 is 79.5 Å². The van der Waals surface area contributed by atoms with Crippen LogP contribution < -0.4 is 0 Å². The van der Waals surface area contributed by atoms with Crippen molar-refractivity contribution in [3.05, 3.63) is 0 Å². The van der Waals surface area contributed by atoms with Crippen LogP contribution in [0, 0.1) is 0 Å². The zero-order chi connectivity index (χ0) is 37.5. The van der Waals surface area contributed by atoms with Gasteiger partial charge in [-0.15, -0.1) is 0 Å². The maximum Gasteiger partial charge on any atom is 0.308 e. The van der Waals surface area contributed by atoms with Gasteiger partial charge in [-0.25, -0.2) is 25.7 Å². The standard InChI is InChI=1S/C6H10O5S2.C4H4F2O6S2.C4H5FO6S2.C4H6O6S2/c7-12-3-6(9-4-12)1-5-2-10-13(8)11-5;5-3-1(9-13(7)11-3)2-4(6)12-14(8)10-2;5-4-3(10-13(7)11-4)2-1-8-12(6)9-2;5-11-7-1-3(9-11)4-2-8-12(6)10-4/h5-6H,1-4H2;1-4H;2-4H,1H2;3-4H,1-2H2. The van der Waals surface area contributed by atoms with E-state index in [0.29, 0.717) is 24.7 Å². The summed E-state index contributed by atoms with van der Waals surface area (Å²) in [4.78, 5) is 0. The molecule has 34 heteroatoms. The van der Waals surface area contributed by atoms with Crippen LogP contribution in [0.3, 0.4) is 0 Å². The predicted molar refractivity (Wildman–Crippen MR) is 160 cm³/mol. The summed E-state index contributed by atoms with van der Waals surface area (Å²) in [6, 6.07) is 0. The lowest BCUT2D eigenvalue weighted by molar-refractivity contribution is -0.0655. The molecule has 19 unspecified atom stereocenters. The number of ether oxygens (including phenoxy) is 1. The van der Waals surface area contributed by atoms with Crippen LogP contribution in [-0.4, -0.2) is 140 Å². The Hall–Kier alpha value is 0.390. The molecule has 8 fully saturated rings. The van der Waals surface area contributed by atoms with E-state index in [1.165, 1.54) is 0 Å². The van der Waals surface area contributed by atoms with Gasteiger partial charge < -0.3 is 4.74 Å². The van der Waals surface area contributed by atoms with Crippen molar-refractivity contribution in [1.82, 2.24) is 0 Å². The molecule has 0 aromatic heterocycles. The van der Waals surface area contributed by atoms with E-state index in [4.69, 9.17) is 21.5 Å². The summed E-state index contributed by atoms with van der Waals surface area (Å²) in [6.07, 6.45) is -11.6. The third-order valence-corrected chi connectivity index (χ3v) is 12.7. The zero-order valence-corrected chi connectivity index (χ0v) is 31.6. The van der Waals surface area contributed by atoms with Gasteiger partial charge in [-0.2, -0.15) is 29.5 Å². The highest BCUT2D eigenvalue weighted by Crippen LogP contribution is 2.31. The maximum atomic E-state index is 12.8. The second kappa shape index (κ2) is 20.7. The highest BCUT2D eigenvalue weighted by molar-refractivity contribution is 7.85. The molecule has 52 heavy (non-hydrogen) atoms. The van der Waals surface area contributed by atoms with Crippen LogP contribution in [0.1, 0.15) is 6.42 Å². The highest BCUT2D eigenvalue weighted by atomic mass is 32.2. The fourth-order valence-corrected chi connectivity index (χ4v) is 9.99. The van der Waals surface area contributed by atoms with Crippen molar-refractivity contribution in [3.63, 3.8) is 0 Å². The van der Waals surface area contributed by atoms with Gasteiger partial charge in [0, 0.05) is 17.2 Å². The minimum atomic E-state index is -2.28. The molecule has 8 aliphatic rings. The molecule has 8 saturated heterocycles. The van der Waals surface area contributed by atoms with Crippen molar-refractivity contribution in [1.29, 1.82) is 0 Å². The summed E-state index contributed by atoms with van der Waals surface area (Å²) in [5, 5.41) is 0. The number of halogens is 3. The zero-order valence-electron chi connectivity index (χ0n) is 25.1. The molecule has 0 bridgehead atoms. The smallest absolute Gasteiger partial charge is 0.308 e. The molecule has 0 N–H and O–H groups in total. The van der Waals surface area contributed by atoms with Gasteiger partial charge in [0.15, 0.2) is 18.3 Å². The van der Waals surface area contributed by atoms with Crippen LogP contribution in [0.5, 0.6) is 0 Å². The normalized spacial score (nSPS) is 49.9. The predicted octanol–water partition coefficient (Wildman–Crippen LogP) is -2.71. The lowest BCUT2D eigenvalue weighted by Crippen LogP contribution is -2.37. The molecule has 0 aliphatic carbocycles. The first-order valence-corrected chi connectivity index (χ1v) is 22.3. The number of hydrogen-bond acceptors (Lipinski definition) is 23. The Morgan fingerprint density at radius 1 is 0.423 bits per heavy atom. The SMILES string of the molecule is O=S1COC(CC2COS(=O)O2)C1.O=S1OC(F)C(C2OS(=O)OC2F)O1.O=S1OCC(C2COS(=O)O2)O1.O=S1OCC(C2OS(=O)OC2F)O1. The van der Waals surface area contributed by atoms with Gasteiger partial charge in [0.25, 0.3) is 0 Å². The topological polar surface area (TPSA) is 275 Å². The van der Waals surface area contributed by atoms with Gasteiger partial charge in [-0.05, 0) is 0 Å². The summed E-state index contributed by atoms with van der Waals surface area (Å²) >= 11 is -13.5. The first-order valence-electron chi connectivity index (χ1n) is 13.8. The van der Waals surface area contributed by atoms with Crippen LogP contribution in [0.25, 0.3) is 0 Å². The van der Waals surface area contributed by atoms with Gasteiger partial charge in [-0.3, -0.25) is 50.2 Å². The molecular weight excluding hydrogens is 898 g/mol. The van der Waals surface area contributed by atoms with Gasteiger partial charge in [0.2, 0.25) is 19.1 Å². The summed E-state index contributed by atoms with van der Waals surface area (Å²) in [6.45, 7) is 0.618. The lowest BCUT2D eigenvalue weighted by Gasteiger charge is -2.13. The quantitative estimate of drug-likeness (QED) is 0.271. The van der Waals surface area contributed by atoms with E-state index in [9.17, 15) is 46.8 Å². The Balaban J connectivity index is 0.000000134. The number of alkyl halides is 3. The second-order valence-electron chi connectivity index (χ2n) is 9.96. The van der Waals surface area contributed by atoms with Crippen LogP contribution in [0.15, 0.2) is 0 Å². The van der Waals surface area contributed by atoms with E-state index in [2.05, 4.69) is 41.8 Å². The lowest BCUT2D eigenvalue weighted by atomic mass is 10.2. The first kappa shape index (κ1) is 43.5. The molecule has 0 aromatic rings. The van der Waals surface area contributed by atoms with Crippen molar-refractivity contribution < 1.29 is 110 Å². The van der Waals surface area contributed by atoms with Gasteiger partial charge in [0.05, 0.1) is 38.3 Å². The van der Waals surface area contributed by atoms with E-state index >= 15 is 0 Å². The van der Waals surface area contributed by atoms with Crippen molar-refractivity contribution in [2.75, 3.05) is 38.1 Å². The Labute approximate surface area is 311 Å². The molecule has 8 rings (SSSR count). The molecule has 19 atom stereocenters. The Kier molecular flexibility index (Phi) is 17.3. The minimum Gasteiger partial charge on any atom is -0.364 e. The molecule has 8 heterocycles. The average molecular weight is 923 g/mol. The minimum absolute atomic E-state index is 0.0375. The highest BCUT2D eigenvalue weighted by Gasteiger charge is 2.51. The van der Waals surface area contributed by atoms with Crippen LogP contribution in [0.2, 0.25) is 0 Å². The van der Waals surface area contributed by atoms with Crippen molar-refractivity contribution >= 4 is 90.3 Å². The van der Waals surface area contributed by atoms with Crippen LogP contribution in [-0.2, 0) is 154 Å². The monoisotopic (exact) mass is 922 g/mol. The van der Waals surface area contributed by atoms with Crippen LogP contribution in [0.4, 0.5) is 13.2 Å². The van der Waals surface area contributed by atoms with E-state index in [0.717, 1.165) is 0 Å². The third-order valence-electron chi connectivity index (χ3n) is 6.45. The fraction of sp³-hybridized carbons (Fsp3) is 1.00. The largest absolute Gasteiger partial charge is 0.364 e. The molecule has 0 spiro atoms. The summed E-state index contributed by atoms with van der Waals surface area (Å²) in [5.41, 5.74) is 0. The average Bonchev–Trinajstić information content (AvgIpc) is 3.93. The Morgan fingerprint density at radius 3 is 1.15 bits per heavy atom. The number of hydrogen-bond donors (Lipinski definition) is 0. The summed E-state index contributed by atoms with van der Waals surface area (Å²) in [5.74, 6) is 0.855. The molecule has 0 saturated carbocycles. The van der Waals surface area contributed by atoms with Crippen molar-refractivity contribution in [2.24, 2.45) is 0 Å². The molecule has 0 aromatic carbocycles. The maximum absolute atomic E-state index is 12.8. The van der Waals surface area contributed by atoms with Gasteiger partial charge in [-0.1, -0.05) is 0 Å². The van der Waals surface area contributed by atoms with Crippen LogP contribution >= 0.6 is 0 Å². The summed E-state index contributed by atoms with van der Waals surface area (Å²) in [7, 11) is -0.856. The second-order valence-corrected chi connectivity index (χ2v) is 17.1. The number of rotatable bonds is 5. The van der Waals surface area contributed by atoms with Crippen molar-refractivity contribution in [2.45, 2.75) is 74.3 Å². The van der Waals surface area contributed by atoms with E-state index in [1.54, 1.807) is 0 Å². The Bertz CT molecular complexity index is 1360. The Morgan fingerprint density at radius 2 is 0.827 bits per heavy atom. The molecular formula is C18H25F3O23S8. The summed E-state index contributed by atoms with van der Waals surface area (Å²) < 4.78 is 192. The molecule has 0 amide bonds.